The first-order valence-corrected chi connectivity index (χ1v) is 9.27. The van der Waals surface area contributed by atoms with E-state index in [1.807, 2.05) is 7.05 Å². The molecule has 5 heteroatoms. The SMILES string of the molecule is Cc1cc(C)c(C(CN)N(C)C2CCS(=O)(=O)C2)c(C)c1. The molecule has 1 heterocycles. The highest BCUT2D eigenvalue weighted by atomic mass is 32.2. The van der Waals surface area contributed by atoms with Crippen LogP contribution in [0.1, 0.15) is 34.7 Å². The van der Waals surface area contributed by atoms with Crippen LogP contribution in [0.2, 0.25) is 0 Å². The monoisotopic (exact) mass is 310 g/mol. The molecule has 0 saturated carbocycles. The van der Waals surface area contributed by atoms with Gasteiger partial charge in [0.25, 0.3) is 0 Å². The van der Waals surface area contributed by atoms with Crippen LogP contribution in [0.25, 0.3) is 0 Å². The van der Waals surface area contributed by atoms with Gasteiger partial charge in [0.2, 0.25) is 0 Å². The molecule has 0 aromatic heterocycles. The smallest absolute Gasteiger partial charge is 0.151 e. The lowest BCUT2D eigenvalue weighted by Gasteiger charge is -2.34. The summed E-state index contributed by atoms with van der Waals surface area (Å²) >= 11 is 0. The van der Waals surface area contributed by atoms with E-state index in [-0.39, 0.29) is 17.8 Å². The molecule has 1 aliphatic rings. The third kappa shape index (κ3) is 3.47. The predicted octanol–water partition coefficient (Wildman–Crippen LogP) is 1.73. The van der Waals surface area contributed by atoms with Gasteiger partial charge in [-0.05, 0) is 50.9 Å². The lowest BCUT2D eigenvalue weighted by atomic mass is 9.92. The average Bonchev–Trinajstić information content (AvgIpc) is 2.73. The number of hydrogen-bond donors (Lipinski definition) is 1. The summed E-state index contributed by atoms with van der Waals surface area (Å²) in [5.41, 5.74) is 11.0. The fraction of sp³-hybridized carbons (Fsp3) is 0.625. The molecule has 0 aliphatic carbocycles. The molecule has 118 valence electrons. The first-order chi connectivity index (χ1) is 9.75. The molecule has 2 N–H and O–H groups in total. The maximum atomic E-state index is 11.7. The molecule has 4 nitrogen and oxygen atoms in total. The molecular formula is C16H26N2O2S. The largest absolute Gasteiger partial charge is 0.329 e. The predicted molar refractivity (Wildman–Crippen MR) is 87.3 cm³/mol. The fourth-order valence-electron chi connectivity index (χ4n) is 3.56. The average molecular weight is 310 g/mol. The quantitative estimate of drug-likeness (QED) is 0.920. The molecule has 1 aliphatic heterocycles. The summed E-state index contributed by atoms with van der Waals surface area (Å²) in [5, 5.41) is 0. The maximum Gasteiger partial charge on any atom is 0.151 e. The summed E-state index contributed by atoms with van der Waals surface area (Å²) in [6, 6.07) is 4.49. The highest BCUT2D eigenvalue weighted by molar-refractivity contribution is 7.91. The zero-order valence-electron chi connectivity index (χ0n) is 13.4. The van der Waals surface area contributed by atoms with Crippen LogP contribution < -0.4 is 5.73 Å². The first-order valence-electron chi connectivity index (χ1n) is 7.45. The van der Waals surface area contributed by atoms with Gasteiger partial charge in [-0.1, -0.05) is 17.7 Å². The standard InChI is InChI=1S/C16H26N2O2S/c1-11-7-12(2)16(13(3)8-11)15(9-17)18(4)14-5-6-21(19,20)10-14/h7-8,14-15H,5-6,9-10,17H2,1-4H3. The van der Waals surface area contributed by atoms with Gasteiger partial charge in [0.1, 0.15) is 0 Å². The van der Waals surface area contributed by atoms with Crippen molar-refractivity contribution in [3.63, 3.8) is 0 Å². The molecule has 1 saturated heterocycles. The number of likely N-dealkylation sites (N-methyl/N-ethyl adjacent to an activating group) is 1. The lowest BCUT2D eigenvalue weighted by molar-refractivity contribution is 0.191. The van der Waals surface area contributed by atoms with Crippen molar-refractivity contribution in [2.75, 3.05) is 25.1 Å². The van der Waals surface area contributed by atoms with Gasteiger partial charge in [0.05, 0.1) is 11.5 Å². The number of nitrogens with zero attached hydrogens (tertiary/aromatic N) is 1. The zero-order valence-corrected chi connectivity index (χ0v) is 14.2. The Hall–Kier alpha value is -0.910. The highest BCUT2D eigenvalue weighted by Crippen LogP contribution is 2.30. The molecule has 2 atom stereocenters. The number of rotatable bonds is 4. The van der Waals surface area contributed by atoms with Crippen molar-refractivity contribution in [2.45, 2.75) is 39.3 Å². The minimum Gasteiger partial charge on any atom is -0.329 e. The van der Waals surface area contributed by atoms with Gasteiger partial charge >= 0.3 is 0 Å². The van der Waals surface area contributed by atoms with Crippen molar-refractivity contribution in [3.8, 4) is 0 Å². The topological polar surface area (TPSA) is 63.4 Å². The van der Waals surface area contributed by atoms with E-state index in [0.717, 1.165) is 0 Å². The summed E-state index contributed by atoms with van der Waals surface area (Å²) in [7, 11) is -0.872. The van der Waals surface area contributed by atoms with Crippen LogP contribution in [-0.4, -0.2) is 44.5 Å². The Labute approximate surface area is 128 Å². The van der Waals surface area contributed by atoms with Gasteiger partial charge in [0.15, 0.2) is 9.84 Å². The van der Waals surface area contributed by atoms with Crippen LogP contribution >= 0.6 is 0 Å². The molecule has 2 rings (SSSR count). The Balaban J connectivity index is 2.32. The van der Waals surface area contributed by atoms with E-state index in [4.69, 9.17) is 5.73 Å². The van der Waals surface area contributed by atoms with E-state index in [2.05, 4.69) is 37.8 Å². The highest BCUT2D eigenvalue weighted by Gasteiger charge is 2.34. The Morgan fingerprint density at radius 2 is 1.86 bits per heavy atom. The van der Waals surface area contributed by atoms with Crippen molar-refractivity contribution in [1.29, 1.82) is 0 Å². The molecule has 21 heavy (non-hydrogen) atoms. The van der Waals surface area contributed by atoms with Gasteiger partial charge in [0, 0.05) is 18.6 Å². The third-order valence-corrected chi connectivity index (χ3v) is 6.32. The number of hydrogen-bond acceptors (Lipinski definition) is 4. The fourth-order valence-corrected chi connectivity index (χ4v) is 5.34. The van der Waals surface area contributed by atoms with Crippen molar-refractivity contribution in [3.05, 3.63) is 34.4 Å². The molecular weight excluding hydrogens is 284 g/mol. The summed E-state index contributed by atoms with van der Waals surface area (Å²) < 4.78 is 23.4. The summed E-state index contributed by atoms with van der Waals surface area (Å²) in [4.78, 5) is 2.16. The minimum absolute atomic E-state index is 0.0728. The Bertz CT molecular complexity index is 602. The Morgan fingerprint density at radius 3 is 2.29 bits per heavy atom. The van der Waals surface area contributed by atoms with Crippen molar-refractivity contribution in [1.82, 2.24) is 4.90 Å². The van der Waals surface area contributed by atoms with Crippen LogP contribution in [0.4, 0.5) is 0 Å². The molecule has 0 spiro atoms. The van der Waals surface area contributed by atoms with Crippen LogP contribution in [0, 0.1) is 20.8 Å². The Morgan fingerprint density at radius 1 is 1.29 bits per heavy atom. The van der Waals surface area contributed by atoms with E-state index in [1.165, 1.54) is 22.3 Å². The number of sulfone groups is 1. The van der Waals surface area contributed by atoms with E-state index in [0.29, 0.717) is 18.7 Å². The molecule has 1 fully saturated rings. The normalized spacial score (nSPS) is 22.7. The number of nitrogens with two attached hydrogens (primary N) is 1. The molecule has 2 unspecified atom stereocenters. The molecule has 0 bridgehead atoms. The van der Waals surface area contributed by atoms with Crippen LogP contribution in [-0.2, 0) is 9.84 Å². The van der Waals surface area contributed by atoms with E-state index in [1.54, 1.807) is 0 Å². The van der Waals surface area contributed by atoms with Crippen LogP contribution in [0.15, 0.2) is 12.1 Å². The van der Waals surface area contributed by atoms with Gasteiger partial charge < -0.3 is 5.73 Å². The summed E-state index contributed by atoms with van der Waals surface area (Å²) in [6.07, 6.45) is 0.708. The second kappa shape index (κ2) is 6.07. The molecule has 1 aromatic carbocycles. The summed E-state index contributed by atoms with van der Waals surface area (Å²) in [5.74, 6) is 0.551. The third-order valence-electron chi connectivity index (χ3n) is 4.57. The number of aryl methyl sites for hydroxylation is 3. The maximum absolute atomic E-state index is 11.7. The second-order valence-electron chi connectivity index (χ2n) is 6.29. The lowest BCUT2D eigenvalue weighted by Crippen LogP contribution is -2.40. The van der Waals surface area contributed by atoms with Crippen LogP contribution in [0.3, 0.4) is 0 Å². The van der Waals surface area contributed by atoms with Crippen molar-refractivity contribution < 1.29 is 8.42 Å². The van der Waals surface area contributed by atoms with Gasteiger partial charge in [-0.25, -0.2) is 8.42 Å². The van der Waals surface area contributed by atoms with Gasteiger partial charge in [-0.15, -0.1) is 0 Å². The van der Waals surface area contributed by atoms with Crippen LogP contribution in [0.5, 0.6) is 0 Å². The molecule has 0 radical (unpaired) electrons. The molecule has 0 amide bonds. The second-order valence-corrected chi connectivity index (χ2v) is 8.51. The first kappa shape index (κ1) is 16.5. The zero-order chi connectivity index (χ0) is 15.8. The van der Waals surface area contributed by atoms with E-state index in [9.17, 15) is 8.42 Å². The van der Waals surface area contributed by atoms with Crippen molar-refractivity contribution >= 4 is 9.84 Å². The number of benzene rings is 1. The van der Waals surface area contributed by atoms with Gasteiger partial charge in [-0.2, -0.15) is 0 Å². The summed E-state index contributed by atoms with van der Waals surface area (Å²) in [6.45, 7) is 6.81. The van der Waals surface area contributed by atoms with E-state index < -0.39 is 9.84 Å². The molecule has 1 aromatic rings. The van der Waals surface area contributed by atoms with Crippen molar-refractivity contribution in [2.24, 2.45) is 5.73 Å². The van der Waals surface area contributed by atoms with E-state index >= 15 is 0 Å². The van der Waals surface area contributed by atoms with Gasteiger partial charge in [-0.3, -0.25) is 4.90 Å². The Kier molecular flexibility index (Phi) is 4.76. The minimum atomic E-state index is -2.87.